The van der Waals surface area contributed by atoms with E-state index in [0.29, 0.717) is 0 Å². The summed E-state index contributed by atoms with van der Waals surface area (Å²) >= 11 is 0. The van der Waals surface area contributed by atoms with Gasteiger partial charge in [0.05, 0.1) is 0 Å². The Kier molecular flexibility index (Phi) is 105. The molecule has 4 heavy (non-hydrogen) atoms. The Balaban J connectivity index is 0. The van der Waals surface area contributed by atoms with E-state index < -0.39 is 0 Å². The summed E-state index contributed by atoms with van der Waals surface area (Å²) in [4.78, 5) is 0. The van der Waals surface area contributed by atoms with Crippen LogP contribution < -0.4 is 29.6 Å². The topological polar surface area (TPSA) is 0 Å². The van der Waals surface area contributed by atoms with Crippen LogP contribution in [0.1, 0.15) is 4.28 Å². The summed E-state index contributed by atoms with van der Waals surface area (Å²) in [6.07, 6.45) is 0. The molecule has 0 fully saturated rings. The van der Waals surface area contributed by atoms with Gasteiger partial charge in [-0.25, -0.2) is 0 Å². The van der Waals surface area contributed by atoms with Crippen LogP contribution in [-0.2, 0) is 22.4 Å². The van der Waals surface area contributed by atoms with Crippen molar-refractivity contribution in [2.75, 3.05) is 0 Å². The van der Waals surface area contributed by atoms with Gasteiger partial charge >= 0.3 is 75.0 Å². The zero-order valence-electron chi connectivity index (χ0n) is 5.15. The maximum Gasteiger partial charge on any atom is 2.00 e. The average Bonchev–Trinajstić information content (AvgIpc) is 0. The third-order valence-electron chi connectivity index (χ3n) is 0. The first-order valence-electron chi connectivity index (χ1n) is 0. The first-order chi connectivity index (χ1) is 0. The molecule has 0 aliphatic heterocycles. The number of hydrogen-bond acceptors (Lipinski definition) is 0. The van der Waals surface area contributed by atoms with E-state index >= 15 is 0 Å². The molecule has 0 saturated heterocycles. The van der Waals surface area contributed by atoms with Crippen LogP contribution in [0.3, 0.4) is 0 Å². The predicted octanol–water partition coefficient (Wildman–Crippen LogP) is -4.49. The Morgan fingerprint density at radius 3 is 1.25 bits per heavy atom. The minimum Gasteiger partial charge on any atom is -1.00 e. The molecule has 0 aliphatic carbocycles. The van der Waals surface area contributed by atoms with E-state index in [-0.39, 0.29) is 113 Å². The third kappa shape index (κ3) is 9.06. The molecule has 4 heteroatoms. The third-order valence-corrected chi connectivity index (χ3v) is 0. The summed E-state index contributed by atoms with van der Waals surface area (Å²) < 4.78 is 0. The predicted molar refractivity (Wildman–Crippen MR) is 20.4 cm³/mol. The molecule has 0 atom stereocenters. The second-order valence-electron chi connectivity index (χ2n) is 0. The largest absolute Gasteiger partial charge is 2.00 e. The van der Waals surface area contributed by atoms with E-state index in [0.717, 1.165) is 0 Å². The first-order valence-corrected chi connectivity index (χ1v) is 0. The van der Waals surface area contributed by atoms with Crippen LogP contribution in [0.5, 0.6) is 0 Å². The Bertz CT molecular complexity index is 14.9. The number of hydrogen-bond donors (Lipinski definition) is 0. The zero-order valence-corrected chi connectivity index (χ0v) is 9.83. The second-order valence-corrected chi connectivity index (χ2v) is 0. The van der Waals surface area contributed by atoms with Crippen molar-refractivity contribution in [1.29, 1.82) is 0 Å². The molecule has 1 radical (unpaired) electrons. The van der Waals surface area contributed by atoms with Crippen molar-refractivity contribution >= 4 is 56.4 Å². The van der Waals surface area contributed by atoms with Crippen molar-refractivity contribution in [1.82, 2.24) is 0 Å². The molecule has 0 amide bonds. The van der Waals surface area contributed by atoms with E-state index in [1.807, 2.05) is 0 Å². The van der Waals surface area contributed by atoms with Gasteiger partial charge in [-0.15, -0.1) is 0 Å². The molecular formula is H7NaNbSiSr. The summed E-state index contributed by atoms with van der Waals surface area (Å²) in [5, 5.41) is 0. The van der Waals surface area contributed by atoms with Crippen LogP contribution >= 0.6 is 0 Å². The van der Waals surface area contributed by atoms with E-state index in [1.165, 1.54) is 0 Å². The average molecular weight is 239 g/mol. The van der Waals surface area contributed by atoms with Gasteiger partial charge in [0, 0.05) is 22.4 Å². The summed E-state index contributed by atoms with van der Waals surface area (Å²) in [6, 6.07) is 0. The smallest absolute Gasteiger partial charge is 1.00 e. The van der Waals surface area contributed by atoms with Gasteiger partial charge in [-0.3, -0.25) is 0 Å². The molecule has 0 spiro atoms. The van der Waals surface area contributed by atoms with E-state index in [2.05, 4.69) is 0 Å². The van der Waals surface area contributed by atoms with Gasteiger partial charge in [-0.1, -0.05) is 0 Å². The molecule has 0 bridgehead atoms. The summed E-state index contributed by atoms with van der Waals surface area (Å²) in [7, 11) is 0. The molecule has 0 heterocycles. The first kappa shape index (κ1) is 26.1. The minimum absolute atomic E-state index is 0. The van der Waals surface area contributed by atoms with Crippen LogP contribution in [0.25, 0.3) is 0 Å². The van der Waals surface area contributed by atoms with Gasteiger partial charge in [0.25, 0.3) is 0 Å². The molecule has 19 valence electrons. The van der Waals surface area contributed by atoms with Gasteiger partial charge in [-0.2, -0.15) is 0 Å². The van der Waals surface area contributed by atoms with Crippen LogP contribution in [-0.4, -0.2) is 56.4 Å². The molecule has 0 aromatic heterocycles. The van der Waals surface area contributed by atoms with Gasteiger partial charge in [0.1, 0.15) is 0 Å². The standard InChI is InChI=1S/Na.Nb.H4Si.Sr.3H/h;;1H4;;;;/q+1;;;+2;3*-1. The fourth-order valence-electron chi connectivity index (χ4n) is 0. The van der Waals surface area contributed by atoms with Crippen molar-refractivity contribution in [3.05, 3.63) is 0 Å². The van der Waals surface area contributed by atoms with E-state index in [1.54, 1.807) is 0 Å². The fraction of sp³-hybridized carbons (Fsp3) is 0. The maximum atomic E-state index is 0. The normalized spacial score (nSPS) is 0. The molecule has 0 nitrogen and oxygen atoms in total. The van der Waals surface area contributed by atoms with Gasteiger partial charge < -0.3 is 4.28 Å². The maximum absolute atomic E-state index is 0. The number of rotatable bonds is 0. The second kappa shape index (κ2) is 16.1. The van der Waals surface area contributed by atoms with Crippen LogP contribution in [0.15, 0.2) is 0 Å². The monoisotopic (exact) mass is 239 g/mol. The van der Waals surface area contributed by atoms with E-state index in [9.17, 15) is 0 Å². The fourth-order valence-corrected chi connectivity index (χ4v) is 0. The van der Waals surface area contributed by atoms with Gasteiger partial charge in [-0.05, 0) is 11.0 Å². The Hall–Kier alpha value is 3.44. The zero-order chi connectivity index (χ0) is 0. The SMILES string of the molecule is [H-].[H-].[H-].[Na+].[Nb].[SiH4].[Sr+2]. The molecule has 0 saturated carbocycles. The molecule has 0 unspecified atom stereocenters. The molecule has 0 rings (SSSR count). The van der Waals surface area contributed by atoms with Crippen molar-refractivity contribution in [2.45, 2.75) is 0 Å². The molecule has 0 N–H and O–H groups in total. The summed E-state index contributed by atoms with van der Waals surface area (Å²) in [6.45, 7) is 0. The quantitative estimate of drug-likeness (QED) is 0.374. The van der Waals surface area contributed by atoms with Crippen molar-refractivity contribution in [3.8, 4) is 0 Å². The van der Waals surface area contributed by atoms with Crippen molar-refractivity contribution in [2.24, 2.45) is 0 Å². The molecule has 0 aromatic rings. The Morgan fingerprint density at radius 1 is 1.25 bits per heavy atom. The molecule has 0 aliphatic rings. The summed E-state index contributed by atoms with van der Waals surface area (Å²) in [5.41, 5.74) is 0. The molecule has 0 aromatic carbocycles. The Labute approximate surface area is 110 Å². The van der Waals surface area contributed by atoms with Crippen molar-refractivity contribution in [3.63, 3.8) is 0 Å². The van der Waals surface area contributed by atoms with Crippen LogP contribution in [0.4, 0.5) is 0 Å². The molecular weight excluding hydrogens is 232 g/mol. The van der Waals surface area contributed by atoms with Gasteiger partial charge in [0.2, 0.25) is 0 Å². The van der Waals surface area contributed by atoms with Crippen LogP contribution in [0.2, 0.25) is 0 Å². The van der Waals surface area contributed by atoms with Crippen LogP contribution in [0, 0.1) is 0 Å². The minimum atomic E-state index is 0. The Morgan fingerprint density at radius 2 is 1.25 bits per heavy atom. The van der Waals surface area contributed by atoms with E-state index in [4.69, 9.17) is 0 Å². The summed E-state index contributed by atoms with van der Waals surface area (Å²) in [5.74, 6) is 0. The van der Waals surface area contributed by atoms with Crippen molar-refractivity contribution < 1.29 is 56.2 Å². The van der Waals surface area contributed by atoms with Gasteiger partial charge in [0.15, 0.2) is 0 Å².